The van der Waals surface area contributed by atoms with Gasteiger partial charge in [0.1, 0.15) is 11.3 Å². The lowest BCUT2D eigenvalue weighted by atomic mass is 10.0. The molecule has 2 atom stereocenters. The van der Waals surface area contributed by atoms with Crippen molar-refractivity contribution in [2.24, 2.45) is 5.92 Å². The number of hydrogen-bond acceptors (Lipinski definition) is 4. The fraction of sp³-hybridized carbons (Fsp3) is 0.625. The molecule has 4 nitrogen and oxygen atoms in total. The molecule has 4 heterocycles. The van der Waals surface area contributed by atoms with Crippen LogP contribution in [-0.2, 0) is 13.0 Å². The molecule has 2 saturated heterocycles. The average molecular weight is 302 g/mol. The number of nitrogens with zero attached hydrogens (tertiary/aromatic N) is 3. The van der Waals surface area contributed by atoms with Crippen molar-refractivity contribution in [1.82, 2.24) is 19.9 Å². The Kier molecular flexibility index (Phi) is 3.86. The number of hydrogen-bond donors (Lipinski definition) is 1. The summed E-state index contributed by atoms with van der Waals surface area (Å²) in [6, 6.07) is 4.66. The molecule has 2 aromatic heterocycles. The minimum Gasteiger partial charge on any atom is -0.312 e. The quantitative estimate of drug-likeness (QED) is 0.942. The highest BCUT2D eigenvalue weighted by Gasteiger charge is 2.23. The van der Waals surface area contributed by atoms with Crippen molar-refractivity contribution in [3.05, 3.63) is 24.2 Å². The maximum atomic E-state index is 4.88. The lowest BCUT2D eigenvalue weighted by molar-refractivity contribution is 0.484. The third-order valence-corrected chi connectivity index (χ3v) is 5.87. The summed E-state index contributed by atoms with van der Waals surface area (Å²) < 4.78 is 2.38. The molecule has 1 N–H and O–H groups in total. The van der Waals surface area contributed by atoms with Crippen LogP contribution >= 0.6 is 11.8 Å². The molecule has 2 unspecified atom stereocenters. The Morgan fingerprint density at radius 3 is 3.19 bits per heavy atom. The lowest BCUT2D eigenvalue weighted by Gasteiger charge is -2.15. The highest BCUT2D eigenvalue weighted by atomic mass is 32.2. The standard InChI is InChI=1S/C16H22N4S/c1-3-13(17-6-1)10-20-15(9-12-5-8-21-11-12)19-14-4-2-7-18-16(14)20/h2,4,7,12-13,17H,1,3,5-6,8-11H2. The van der Waals surface area contributed by atoms with Gasteiger partial charge < -0.3 is 9.88 Å². The van der Waals surface area contributed by atoms with E-state index in [-0.39, 0.29) is 0 Å². The predicted octanol–water partition coefficient (Wildman–Crippen LogP) is 2.48. The van der Waals surface area contributed by atoms with E-state index in [1.165, 1.54) is 36.6 Å². The number of fused-ring (bicyclic) bond motifs is 1. The summed E-state index contributed by atoms with van der Waals surface area (Å²) in [6.45, 7) is 2.17. The van der Waals surface area contributed by atoms with Crippen molar-refractivity contribution in [3.63, 3.8) is 0 Å². The van der Waals surface area contributed by atoms with Crippen molar-refractivity contribution >= 4 is 22.9 Å². The third-order valence-electron chi connectivity index (χ3n) is 4.64. The number of nitrogens with one attached hydrogen (secondary N) is 1. The minimum atomic E-state index is 0.584. The number of aromatic nitrogens is 3. The minimum absolute atomic E-state index is 0.584. The molecule has 0 aromatic carbocycles. The summed E-state index contributed by atoms with van der Waals surface area (Å²) in [4.78, 5) is 9.47. The van der Waals surface area contributed by atoms with Crippen molar-refractivity contribution in [1.29, 1.82) is 0 Å². The van der Waals surface area contributed by atoms with Crippen molar-refractivity contribution in [3.8, 4) is 0 Å². The molecule has 2 aliphatic heterocycles. The van der Waals surface area contributed by atoms with Gasteiger partial charge in [-0.1, -0.05) is 0 Å². The van der Waals surface area contributed by atoms with E-state index < -0.39 is 0 Å². The van der Waals surface area contributed by atoms with Crippen LogP contribution in [0.5, 0.6) is 0 Å². The molecule has 0 saturated carbocycles. The number of thioether (sulfide) groups is 1. The predicted molar refractivity (Wildman–Crippen MR) is 87.7 cm³/mol. The maximum absolute atomic E-state index is 4.88. The van der Waals surface area contributed by atoms with E-state index in [0.717, 1.165) is 36.6 Å². The molecule has 5 heteroatoms. The molecular formula is C16H22N4S. The molecular weight excluding hydrogens is 280 g/mol. The van der Waals surface area contributed by atoms with Gasteiger partial charge in [-0.2, -0.15) is 11.8 Å². The van der Waals surface area contributed by atoms with E-state index in [1.54, 1.807) is 0 Å². The zero-order valence-electron chi connectivity index (χ0n) is 12.3. The Morgan fingerprint density at radius 1 is 1.38 bits per heavy atom. The topological polar surface area (TPSA) is 42.7 Å². The van der Waals surface area contributed by atoms with Gasteiger partial charge in [0.2, 0.25) is 0 Å². The Bertz CT molecular complexity index is 612. The Balaban J connectivity index is 1.65. The molecule has 4 rings (SSSR count). The van der Waals surface area contributed by atoms with Crippen LogP contribution in [0.25, 0.3) is 11.2 Å². The molecule has 0 aliphatic carbocycles. The Labute approximate surface area is 129 Å². The molecule has 112 valence electrons. The molecule has 0 radical (unpaired) electrons. The molecule has 0 bridgehead atoms. The molecule has 21 heavy (non-hydrogen) atoms. The van der Waals surface area contributed by atoms with Gasteiger partial charge in [0.05, 0.1) is 0 Å². The highest BCUT2D eigenvalue weighted by Crippen LogP contribution is 2.27. The summed E-state index contributed by atoms with van der Waals surface area (Å²) in [5.74, 6) is 4.64. The summed E-state index contributed by atoms with van der Waals surface area (Å²) in [7, 11) is 0. The second-order valence-corrected chi connectivity index (χ2v) is 7.36. The van der Waals surface area contributed by atoms with Crippen LogP contribution in [-0.4, -0.2) is 38.6 Å². The van der Waals surface area contributed by atoms with Crippen molar-refractivity contribution < 1.29 is 0 Å². The van der Waals surface area contributed by atoms with E-state index in [1.807, 2.05) is 12.3 Å². The Hall–Kier alpha value is -1.07. The molecule has 0 amide bonds. The first-order chi connectivity index (χ1) is 10.4. The van der Waals surface area contributed by atoms with Gasteiger partial charge in [0, 0.05) is 25.2 Å². The average Bonchev–Trinajstić information content (AvgIpc) is 3.23. The second-order valence-electron chi connectivity index (χ2n) is 6.21. The van der Waals surface area contributed by atoms with Crippen LogP contribution in [0.1, 0.15) is 25.1 Å². The Morgan fingerprint density at radius 2 is 2.38 bits per heavy atom. The van der Waals surface area contributed by atoms with Gasteiger partial charge in [0.25, 0.3) is 0 Å². The third kappa shape index (κ3) is 2.81. The van der Waals surface area contributed by atoms with E-state index in [9.17, 15) is 0 Å². The number of pyridine rings is 1. The van der Waals surface area contributed by atoms with Crippen LogP contribution in [0.2, 0.25) is 0 Å². The largest absolute Gasteiger partial charge is 0.312 e. The molecule has 2 aliphatic rings. The molecule has 2 fully saturated rings. The zero-order chi connectivity index (χ0) is 14.1. The molecule has 0 spiro atoms. The van der Waals surface area contributed by atoms with Gasteiger partial charge in [-0.3, -0.25) is 0 Å². The monoisotopic (exact) mass is 302 g/mol. The number of imidazole rings is 1. The van der Waals surface area contributed by atoms with Gasteiger partial charge in [-0.15, -0.1) is 0 Å². The second kappa shape index (κ2) is 5.97. The smallest absolute Gasteiger partial charge is 0.160 e. The normalized spacial score (nSPS) is 25.9. The number of rotatable bonds is 4. The van der Waals surface area contributed by atoms with Gasteiger partial charge >= 0.3 is 0 Å². The van der Waals surface area contributed by atoms with Crippen LogP contribution < -0.4 is 5.32 Å². The van der Waals surface area contributed by atoms with Crippen LogP contribution in [0.15, 0.2) is 18.3 Å². The highest BCUT2D eigenvalue weighted by molar-refractivity contribution is 7.99. The van der Waals surface area contributed by atoms with E-state index in [0.29, 0.717) is 6.04 Å². The first-order valence-corrected chi connectivity index (χ1v) is 9.17. The van der Waals surface area contributed by atoms with Crippen molar-refractivity contribution in [2.75, 3.05) is 18.1 Å². The van der Waals surface area contributed by atoms with E-state index >= 15 is 0 Å². The van der Waals surface area contributed by atoms with Gasteiger partial charge in [0.15, 0.2) is 5.65 Å². The summed E-state index contributed by atoms with van der Waals surface area (Å²) in [5.41, 5.74) is 2.11. The first kappa shape index (κ1) is 13.6. The van der Waals surface area contributed by atoms with Crippen LogP contribution in [0.3, 0.4) is 0 Å². The fourth-order valence-corrected chi connectivity index (χ4v) is 4.77. The zero-order valence-corrected chi connectivity index (χ0v) is 13.1. The van der Waals surface area contributed by atoms with Crippen LogP contribution in [0.4, 0.5) is 0 Å². The lowest BCUT2D eigenvalue weighted by Crippen LogP contribution is -2.28. The van der Waals surface area contributed by atoms with Gasteiger partial charge in [-0.05, 0) is 55.4 Å². The van der Waals surface area contributed by atoms with E-state index in [2.05, 4.69) is 32.7 Å². The maximum Gasteiger partial charge on any atom is 0.160 e. The van der Waals surface area contributed by atoms with Gasteiger partial charge in [-0.25, -0.2) is 9.97 Å². The fourth-order valence-electron chi connectivity index (χ4n) is 3.49. The van der Waals surface area contributed by atoms with Crippen molar-refractivity contribution in [2.45, 2.75) is 38.3 Å². The first-order valence-electron chi connectivity index (χ1n) is 8.01. The summed E-state index contributed by atoms with van der Waals surface area (Å²) in [6.07, 6.45) is 6.89. The molecule has 2 aromatic rings. The van der Waals surface area contributed by atoms with Crippen LogP contribution in [0, 0.1) is 5.92 Å². The van der Waals surface area contributed by atoms with E-state index in [4.69, 9.17) is 4.98 Å². The summed E-state index contributed by atoms with van der Waals surface area (Å²) >= 11 is 2.08. The summed E-state index contributed by atoms with van der Waals surface area (Å²) in [5, 5.41) is 3.60. The SMILES string of the molecule is c1cnc2c(c1)nc(CC1CCSC1)n2CC1CCCN1.